The Labute approximate surface area is 254 Å². The maximum absolute atomic E-state index is 13.2. The Morgan fingerprint density at radius 3 is 2.42 bits per heavy atom. The smallest absolute Gasteiger partial charge is 0.341 e. The van der Waals surface area contributed by atoms with E-state index in [1.807, 2.05) is 32.9 Å². The number of rotatable bonds is 11. The van der Waals surface area contributed by atoms with Gasteiger partial charge in [-0.05, 0) is 68.1 Å². The second-order valence-corrected chi connectivity index (χ2v) is 14.9. The molecule has 10 nitrogen and oxygen atoms in total. The molecule has 0 spiro atoms. The number of anilines is 1. The number of hydrogen-bond acceptors (Lipinski definition) is 9. The van der Waals surface area contributed by atoms with Crippen LogP contribution in [-0.4, -0.2) is 41.2 Å². The van der Waals surface area contributed by atoms with Crippen LogP contribution in [-0.2, 0) is 10.0 Å². The molecule has 1 atom stereocenters. The average molecular weight is 622 g/mol. The van der Waals surface area contributed by atoms with E-state index in [2.05, 4.69) is 57.0 Å². The van der Waals surface area contributed by atoms with E-state index >= 15 is 0 Å². The minimum Gasteiger partial charge on any atom is -0.341 e. The minimum absolute atomic E-state index is 0.0103. The summed E-state index contributed by atoms with van der Waals surface area (Å²) in [5.41, 5.74) is 5.02. The first kappa shape index (κ1) is 29.3. The Kier molecular flexibility index (Phi) is 7.76. The number of aromatic amines is 1. The van der Waals surface area contributed by atoms with Crippen molar-refractivity contribution in [2.45, 2.75) is 70.6 Å². The number of hydrogen-bond donors (Lipinski definition) is 2. The van der Waals surface area contributed by atoms with E-state index < -0.39 is 26.9 Å². The predicted octanol–water partition coefficient (Wildman–Crippen LogP) is 5.78. The molecule has 226 valence electrons. The van der Waals surface area contributed by atoms with E-state index in [1.54, 1.807) is 0 Å². The largest absolute Gasteiger partial charge is 0.439 e. The average Bonchev–Trinajstić information content (AvgIpc) is 3.90. The molecule has 0 radical (unpaired) electrons. The molecule has 2 aromatic carbocycles. The summed E-state index contributed by atoms with van der Waals surface area (Å²) in [5, 5.41) is 4.12. The van der Waals surface area contributed by atoms with Crippen LogP contribution in [0.15, 0.2) is 51.8 Å². The Balaban J connectivity index is 1.30. The van der Waals surface area contributed by atoms with Crippen molar-refractivity contribution in [3.05, 3.63) is 74.7 Å². The van der Waals surface area contributed by atoms with Crippen molar-refractivity contribution in [2.24, 2.45) is 5.92 Å². The molecule has 4 aromatic rings. The fourth-order valence-corrected chi connectivity index (χ4v) is 7.62. The van der Waals surface area contributed by atoms with Gasteiger partial charge in [-0.25, -0.2) is 22.9 Å². The van der Waals surface area contributed by atoms with Crippen LogP contribution in [0.4, 0.5) is 5.13 Å². The Hall–Kier alpha value is -3.77. The Morgan fingerprint density at radius 2 is 1.81 bits per heavy atom. The zero-order valence-electron chi connectivity index (χ0n) is 24.6. The summed E-state index contributed by atoms with van der Waals surface area (Å²) in [6.07, 6.45) is 3.46. The molecule has 1 amide bonds. The lowest BCUT2D eigenvalue weighted by Crippen LogP contribution is -2.34. The molecule has 2 N–H and O–H groups in total. The van der Waals surface area contributed by atoms with Gasteiger partial charge in [-0.1, -0.05) is 67.0 Å². The number of sulfonamides is 1. The Morgan fingerprint density at radius 1 is 1.09 bits per heavy atom. The van der Waals surface area contributed by atoms with Crippen molar-refractivity contribution < 1.29 is 17.7 Å². The van der Waals surface area contributed by atoms with Crippen LogP contribution in [0, 0.1) is 12.8 Å². The highest BCUT2D eigenvalue weighted by molar-refractivity contribution is 7.91. The van der Waals surface area contributed by atoms with Crippen LogP contribution < -0.4 is 15.4 Å². The van der Waals surface area contributed by atoms with Crippen LogP contribution in [0.1, 0.15) is 84.9 Å². The number of H-pyrrole nitrogens is 1. The molecule has 2 heterocycles. The third-order valence-electron chi connectivity index (χ3n) is 8.02. The molecule has 2 aromatic heterocycles. The molecule has 0 bridgehead atoms. The molecular formula is C31H35N5O5S2. The first-order valence-corrected chi connectivity index (χ1v) is 17.0. The molecule has 0 aliphatic heterocycles. The number of nitrogens with one attached hydrogen (secondary N) is 2. The zero-order valence-corrected chi connectivity index (χ0v) is 26.2. The van der Waals surface area contributed by atoms with Gasteiger partial charge >= 0.3 is 5.76 Å². The summed E-state index contributed by atoms with van der Waals surface area (Å²) in [4.78, 5) is 35.2. The van der Waals surface area contributed by atoms with Crippen molar-refractivity contribution in [1.29, 1.82) is 0 Å². The molecular weight excluding hydrogens is 587 g/mol. The number of nitrogens with zero attached hydrogens (tertiary/aromatic N) is 3. The van der Waals surface area contributed by atoms with Gasteiger partial charge in [-0.15, -0.1) is 11.3 Å². The normalized spacial score (nSPS) is 15.9. The maximum Gasteiger partial charge on any atom is 0.439 e. The van der Waals surface area contributed by atoms with Crippen molar-refractivity contribution in [3.8, 4) is 22.5 Å². The van der Waals surface area contributed by atoms with Gasteiger partial charge in [0.05, 0.1) is 11.3 Å². The second-order valence-electron chi connectivity index (χ2n) is 11.9. The lowest BCUT2D eigenvalue weighted by Gasteiger charge is -2.29. The molecule has 6 rings (SSSR count). The van der Waals surface area contributed by atoms with Gasteiger partial charge in [0.2, 0.25) is 10.0 Å². The molecule has 0 saturated heterocycles. The first-order valence-electron chi connectivity index (χ1n) is 14.6. The van der Waals surface area contributed by atoms with Gasteiger partial charge in [0.25, 0.3) is 5.91 Å². The van der Waals surface area contributed by atoms with Gasteiger partial charge in [-0.2, -0.15) is 0 Å². The summed E-state index contributed by atoms with van der Waals surface area (Å²) in [7, 11) is -3.68. The number of thiazole rings is 1. The van der Waals surface area contributed by atoms with E-state index in [-0.39, 0.29) is 17.7 Å². The van der Waals surface area contributed by atoms with Crippen molar-refractivity contribution in [1.82, 2.24) is 19.8 Å². The summed E-state index contributed by atoms with van der Waals surface area (Å²) >= 11 is 1.46. The van der Waals surface area contributed by atoms with Crippen molar-refractivity contribution in [3.63, 3.8) is 0 Å². The van der Waals surface area contributed by atoms with E-state index in [9.17, 15) is 18.0 Å². The summed E-state index contributed by atoms with van der Waals surface area (Å²) in [5.74, 6) is -0.308. The number of carbonyl (C=O) groups is 1. The fourth-order valence-electron chi connectivity index (χ4n) is 5.19. The van der Waals surface area contributed by atoms with E-state index in [0.717, 1.165) is 57.2 Å². The van der Waals surface area contributed by atoms with Crippen LogP contribution in [0.3, 0.4) is 0 Å². The van der Waals surface area contributed by atoms with Gasteiger partial charge in [-0.3, -0.25) is 14.3 Å². The fraction of sp³-hybridized carbons (Fsp3) is 0.419. The number of amides is 1. The van der Waals surface area contributed by atoms with E-state index in [4.69, 9.17) is 9.51 Å². The molecule has 2 saturated carbocycles. The topological polar surface area (TPSA) is 138 Å². The predicted molar refractivity (Wildman–Crippen MR) is 167 cm³/mol. The van der Waals surface area contributed by atoms with E-state index in [1.165, 1.54) is 11.3 Å². The SMILES string of the molecule is Cc1ccc(-c2noc(=O)[nH]2)c(-c2ccc([C@@H](C)N(CC3CC3)c3nc(C(=O)NS(=O)(=O)C4CC4)c(C(C)C)s3)cc2)c1. The minimum atomic E-state index is -3.68. The van der Waals surface area contributed by atoms with E-state index in [0.29, 0.717) is 24.6 Å². The summed E-state index contributed by atoms with van der Waals surface area (Å²) < 4.78 is 32.0. The number of benzene rings is 2. The number of aryl methyl sites for hydroxylation is 1. The van der Waals surface area contributed by atoms with Gasteiger partial charge < -0.3 is 4.90 Å². The third-order valence-corrected chi connectivity index (χ3v) is 11.2. The monoisotopic (exact) mass is 621 g/mol. The molecule has 43 heavy (non-hydrogen) atoms. The summed E-state index contributed by atoms with van der Waals surface area (Å²) in [6, 6.07) is 14.2. The molecule has 2 aliphatic rings. The molecule has 0 unspecified atom stereocenters. The standard InChI is InChI=1S/C31H35N5O5S2/c1-17(2)27-26(29(37)35-43(39,40)23-12-13-23)32-30(42-27)36(16-20-6-7-20)19(4)21-8-10-22(11-9-21)25-15-18(3)5-14-24(25)28-33-31(38)41-34-28/h5,8-11,14-15,17,19-20,23H,6-7,12-13,16H2,1-4H3,(H,35,37)(H,33,34,38)/t19-/m1/s1. The van der Waals surface area contributed by atoms with Crippen LogP contribution in [0.5, 0.6) is 0 Å². The van der Waals surface area contributed by atoms with Crippen LogP contribution in [0.2, 0.25) is 0 Å². The highest BCUT2D eigenvalue weighted by Gasteiger charge is 2.38. The van der Waals surface area contributed by atoms with Crippen molar-refractivity contribution in [2.75, 3.05) is 11.4 Å². The second kappa shape index (κ2) is 11.4. The highest BCUT2D eigenvalue weighted by atomic mass is 32.2. The lowest BCUT2D eigenvalue weighted by atomic mass is 9.95. The number of aromatic nitrogens is 3. The van der Waals surface area contributed by atoms with Crippen molar-refractivity contribution >= 4 is 32.4 Å². The van der Waals surface area contributed by atoms with Crippen LogP contribution in [0.25, 0.3) is 22.5 Å². The Bertz CT molecular complexity index is 1820. The lowest BCUT2D eigenvalue weighted by molar-refractivity contribution is 0.0976. The van der Waals surface area contributed by atoms with Gasteiger partial charge in [0, 0.05) is 17.0 Å². The number of carbonyl (C=O) groups excluding carboxylic acids is 1. The third kappa shape index (κ3) is 6.30. The quantitative estimate of drug-likeness (QED) is 0.215. The highest BCUT2D eigenvalue weighted by Crippen LogP contribution is 2.40. The first-order chi connectivity index (χ1) is 20.5. The molecule has 2 aliphatic carbocycles. The zero-order chi connectivity index (χ0) is 30.5. The summed E-state index contributed by atoms with van der Waals surface area (Å²) in [6.45, 7) is 8.93. The van der Waals surface area contributed by atoms with Gasteiger partial charge in [0.1, 0.15) is 5.69 Å². The maximum atomic E-state index is 13.2. The molecule has 2 fully saturated rings. The molecule has 12 heteroatoms. The van der Waals surface area contributed by atoms with Gasteiger partial charge in [0.15, 0.2) is 11.0 Å². The van der Waals surface area contributed by atoms with Crippen LogP contribution >= 0.6 is 11.3 Å².